The monoisotopic (exact) mass is 741 g/mol. The molecule has 6 aliphatic rings. The number of rotatable bonds is 10. The van der Waals surface area contributed by atoms with Crippen LogP contribution in [-0.4, -0.2) is 67.7 Å². The molecule has 2 aromatic rings. The summed E-state index contributed by atoms with van der Waals surface area (Å²) in [5.41, 5.74) is 2.06. The molecule has 48 heavy (non-hydrogen) atoms. The smallest absolute Gasteiger partial charge is 0.293 e. The molecule has 1 saturated heterocycles. The number of sulfonamides is 1. The molecule has 0 aromatic heterocycles. The van der Waals surface area contributed by atoms with Gasteiger partial charge in [-0.15, -0.1) is 0 Å². The van der Waals surface area contributed by atoms with E-state index in [4.69, 9.17) is 0 Å². The van der Waals surface area contributed by atoms with Crippen LogP contribution < -0.4 is 14.9 Å². The average molecular weight is 743 g/mol. The van der Waals surface area contributed by atoms with Gasteiger partial charge < -0.3 is 10.2 Å². The zero-order chi connectivity index (χ0) is 33.7. The van der Waals surface area contributed by atoms with Crippen molar-refractivity contribution in [2.75, 3.05) is 49.5 Å². The highest BCUT2D eigenvalue weighted by molar-refractivity contribution is 9.10. The Morgan fingerprint density at radius 2 is 1.71 bits per heavy atom. The molecule has 1 heterocycles. The number of halogens is 1. The Morgan fingerprint density at radius 3 is 2.38 bits per heavy atom. The maximum Gasteiger partial charge on any atom is 0.293 e. The average Bonchev–Trinajstić information content (AvgIpc) is 3.02. The topological polar surface area (TPSA) is 125 Å². The first-order valence-corrected chi connectivity index (χ1v) is 20.0. The zero-order valence-corrected chi connectivity index (χ0v) is 30.3. The Bertz CT molecular complexity index is 1640. The number of hydrogen-bond donors (Lipinski definition) is 2. The molecule has 0 spiro atoms. The molecule has 4 atom stereocenters. The number of carbonyl (C=O) groups excluding carboxylic acids is 1. The quantitative estimate of drug-likeness (QED) is 0.152. The van der Waals surface area contributed by atoms with Crippen molar-refractivity contribution < 1.29 is 18.1 Å². The molecule has 5 saturated carbocycles. The van der Waals surface area contributed by atoms with E-state index in [9.17, 15) is 23.3 Å². The zero-order valence-electron chi connectivity index (χ0n) is 27.9. The molecule has 12 heteroatoms. The number of nitro benzene ring substituents is 1. The van der Waals surface area contributed by atoms with Crippen molar-refractivity contribution in [1.29, 1.82) is 0 Å². The second kappa shape index (κ2) is 12.9. The van der Waals surface area contributed by atoms with Gasteiger partial charge in [0.25, 0.3) is 21.6 Å². The van der Waals surface area contributed by atoms with Crippen molar-refractivity contribution in [3.05, 3.63) is 58.1 Å². The van der Waals surface area contributed by atoms with Crippen LogP contribution in [0.1, 0.15) is 87.9 Å². The fourth-order valence-corrected chi connectivity index (χ4v) is 13.2. The molecule has 2 N–H and O–H groups in total. The minimum atomic E-state index is -4.33. The van der Waals surface area contributed by atoms with Crippen LogP contribution in [0.2, 0.25) is 0 Å². The number of anilines is 2. The molecule has 5 aliphatic carbocycles. The van der Waals surface area contributed by atoms with E-state index in [1.54, 1.807) is 12.1 Å². The summed E-state index contributed by atoms with van der Waals surface area (Å²) >= 11 is 4.19. The minimum absolute atomic E-state index is 0.209. The van der Waals surface area contributed by atoms with Crippen LogP contribution in [0.5, 0.6) is 0 Å². The number of amides is 1. The van der Waals surface area contributed by atoms with Crippen LogP contribution in [0.25, 0.3) is 0 Å². The molecule has 6 fully saturated rings. The highest BCUT2D eigenvalue weighted by Crippen LogP contribution is 2.69. The largest absolute Gasteiger partial charge is 0.379 e. The molecule has 1 aliphatic heterocycles. The summed E-state index contributed by atoms with van der Waals surface area (Å²) in [6.07, 6.45) is 13.8. The number of nitrogens with one attached hydrogen (secondary N) is 2. The molecule has 2 aromatic carbocycles. The van der Waals surface area contributed by atoms with Crippen molar-refractivity contribution in [1.82, 2.24) is 9.62 Å². The van der Waals surface area contributed by atoms with E-state index in [2.05, 4.69) is 42.7 Å². The van der Waals surface area contributed by atoms with Crippen molar-refractivity contribution in [2.24, 2.45) is 22.7 Å². The summed E-state index contributed by atoms with van der Waals surface area (Å²) in [5.74, 6) is 0.524. The lowest BCUT2D eigenvalue weighted by atomic mass is 9.44. The highest BCUT2D eigenvalue weighted by Gasteiger charge is 2.61. The Morgan fingerprint density at radius 1 is 0.979 bits per heavy atom. The van der Waals surface area contributed by atoms with Crippen LogP contribution in [0.4, 0.5) is 17.1 Å². The standard InChI is InChI=1S/C36H48BrN5O5S/c1-34-18-27-19-35(22-34,24-36(37,20-27)23-34)25-40-13-15-41(16-14-40)29-9-7-28(8-10-29)33(43)39-48(46,47)30-11-12-31(32(17-30)42(44)45)38-21-26-5-3-2-4-6-26/h7-12,17,26-27,38H,2-6,13-16,18-25H2,1H3,(H,39,43). The van der Waals surface area contributed by atoms with Gasteiger partial charge >= 0.3 is 0 Å². The lowest BCUT2D eigenvalue weighted by molar-refractivity contribution is -0.384. The third kappa shape index (κ3) is 7.12. The van der Waals surface area contributed by atoms with E-state index in [1.165, 1.54) is 63.6 Å². The summed E-state index contributed by atoms with van der Waals surface area (Å²) in [4.78, 5) is 28.9. The normalized spacial score (nSPS) is 30.7. The fraction of sp³-hybridized carbons (Fsp3) is 0.639. The van der Waals surface area contributed by atoms with E-state index in [0.29, 0.717) is 27.6 Å². The Kier molecular flexibility index (Phi) is 9.07. The highest BCUT2D eigenvalue weighted by atomic mass is 79.9. The number of carbonyl (C=O) groups is 1. The first kappa shape index (κ1) is 33.8. The lowest BCUT2D eigenvalue weighted by Crippen LogP contribution is -2.61. The number of nitro groups is 1. The van der Waals surface area contributed by atoms with E-state index in [0.717, 1.165) is 69.5 Å². The van der Waals surface area contributed by atoms with Crippen molar-refractivity contribution >= 4 is 48.9 Å². The van der Waals surface area contributed by atoms with Gasteiger partial charge in [0.2, 0.25) is 0 Å². The molecular formula is C36H48BrN5O5S. The van der Waals surface area contributed by atoms with Crippen molar-refractivity contribution in [2.45, 2.75) is 86.8 Å². The first-order chi connectivity index (χ1) is 22.8. The van der Waals surface area contributed by atoms with Crippen molar-refractivity contribution in [3.8, 4) is 0 Å². The van der Waals surface area contributed by atoms with Crippen LogP contribution in [-0.2, 0) is 10.0 Å². The summed E-state index contributed by atoms with van der Waals surface area (Å²) in [7, 11) is -4.33. The van der Waals surface area contributed by atoms with Gasteiger partial charge in [0.15, 0.2) is 0 Å². The predicted octanol–water partition coefficient (Wildman–Crippen LogP) is 6.95. The number of hydrogen-bond acceptors (Lipinski definition) is 8. The van der Waals surface area contributed by atoms with Gasteiger partial charge in [-0.3, -0.25) is 19.8 Å². The Labute approximate surface area is 292 Å². The van der Waals surface area contributed by atoms with E-state index in [1.807, 2.05) is 12.1 Å². The van der Waals surface area contributed by atoms with Crippen LogP contribution in [0, 0.1) is 32.8 Å². The minimum Gasteiger partial charge on any atom is -0.379 e. The van der Waals surface area contributed by atoms with Gasteiger partial charge in [-0.05, 0) is 110 Å². The summed E-state index contributed by atoms with van der Waals surface area (Å²) in [6.45, 7) is 8.10. The number of nitrogens with zero attached hydrogens (tertiary/aromatic N) is 3. The summed E-state index contributed by atoms with van der Waals surface area (Å²) < 4.78 is 28.7. The maximum atomic E-state index is 13.1. The molecule has 4 unspecified atom stereocenters. The van der Waals surface area contributed by atoms with Gasteiger partial charge in [0.1, 0.15) is 5.69 Å². The summed E-state index contributed by atoms with van der Waals surface area (Å²) in [5, 5.41) is 15.0. The van der Waals surface area contributed by atoms with E-state index < -0.39 is 20.9 Å². The molecule has 8 rings (SSSR count). The number of piperazine rings is 1. The van der Waals surface area contributed by atoms with E-state index >= 15 is 0 Å². The van der Waals surface area contributed by atoms with Crippen LogP contribution in [0.15, 0.2) is 47.4 Å². The molecule has 1 amide bonds. The van der Waals surface area contributed by atoms with Crippen LogP contribution in [0.3, 0.4) is 0 Å². The van der Waals surface area contributed by atoms with Gasteiger partial charge in [-0.2, -0.15) is 0 Å². The third-order valence-corrected chi connectivity index (χ3v) is 14.0. The van der Waals surface area contributed by atoms with Crippen molar-refractivity contribution in [3.63, 3.8) is 0 Å². The SMILES string of the molecule is CC12CC3CC(Br)(C1)CC(CN1CCN(c4ccc(C(=O)NS(=O)(=O)c5ccc(NCC6CCCCC6)c([N+](=O)[O-])c5)cc4)CC1)(C3)C2. The summed E-state index contributed by atoms with van der Waals surface area (Å²) in [6, 6.07) is 10.7. The molecule has 4 bridgehead atoms. The second-order valence-electron chi connectivity index (χ2n) is 16.0. The third-order valence-electron chi connectivity index (χ3n) is 11.8. The molecule has 10 nitrogen and oxygen atoms in total. The van der Waals surface area contributed by atoms with Crippen LogP contribution >= 0.6 is 15.9 Å². The van der Waals surface area contributed by atoms with Gasteiger partial charge in [0.05, 0.1) is 9.82 Å². The van der Waals surface area contributed by atoms with Gasteiger partial charge in [-0.25, -0.2) is 13.1 Å². The number of benzene rings is 2. The predicted molar refractivity (Wildman–Crippen MR) is 191 cm³/mol. The molecule has 260 valence electrons. The van der Waals surface area contributed by atoms with E-state index in [-0.39, 0.29) is 21.8 Å². The maximum absolute atomic E-state index is 13.1. The lowest BCUT2D eigenvalue weighted by Gasteiger charge is -2.65. The van der Waals surface area contributed by atoms with Gasteiger partial charge in [-0.1, -0.05) is 42.1 Å². The Hall–Kier alpha value is -2.70. The molecule has 0 radical (unpaired) electrons. The fourth-order valence-electron chi connectivity index (χ4n) is 10.5. The Balaban J connectivity index is 0.938. The van der Waals surface area contributed by atoms with Gasteiger partial charge in [0, 0.05) is 60.9 Å². The first-order valence-electron chi connectivity index (χ1n) is 17.7. The number of alkyl halides is 1. The second-order valence-corrected chi connectivity index (χ2v) is 19.4. The molecular weight excluding hydrogens is 694 g/mol.